The van der Waals surface area contributed by atoms with E-state index in [1.807, 2.05) is 34.6 Å². The lowest BCUT2D eigenvalue weighted by Gasteiger charge is -2.03. The summed E-state index contributed by atoms with van der Waals surface area (Å²) in [6, 6.07) is 0.684. The number of rotatable bonds is 4. The van der Waals surface area contributed by atoms with Gasteiger partial charge < -0.3 is 14.2 Å². The van der Waals surface area contributed by atoms with Gasteiger partial charge in [-0.05, 0) is 41.0 Å². The number of nitrogens with zero attached hydrogens (tertiary/aromatic N) is 3. The second-order valence-electron chi connectivity index (χ2n) is 7.32. The molecule has 0 aromatic heterocycles. The van der Waals surface area contributed by atoms with E-state index in [1.165, 1.54) is 0 Å². The summed E-state index contributed by atoms with van der Waals surface area (Å²) in [5.41, 5.74) is 2.76. The van der Waals surface area contributed by atoms with Crippen molar-refractivity contribution >= 4 is 17.7 Å². The van der Waals surface area contributed by atoms with Gasteiger partial charge >= 0.3 is 0 Å². The molecular weight excluding hydrogens is 354 g/mol. The molecule has 0 radical (unpaired) electrons. The Morgan fingerprint density at radius 3 is 1.68 bits per heavy atom. The predicted molar refractivity (Wildman–Crippen MR) is 118 cm³/mol. The van der Waals surface area contributed by atoms with Crippen LogP contribution in [0.2, 0.25) is 0 Å². The molecule has 3 heterocycles. The van der Waals surface area contributed by atoms with Gasteiger partial charge in [-0.3, -0.25) is 0 Å². The highest BCUT2D eigenvalue weighted by molar-refractivity contribution is 5.94. The van der Waals surface area contributed by atoms with Gasteiger partial charge in [0, 0.05) is 16.7 Å². The van der Waals surface area contributed by atoms with Crippen molar-refractivity contribution in [3.8, 4) is 0 Å². The van der Waals surface area contributed by atoms with E-state index in [0.717, 1.165) is 54.0 Å². The summed E-state index contributed by atoms with van der Waals surface area (Å²) in [7, 11) is 0. The summed E-state index contributed by atoms with van der Waals surface area (Å²) in [6.07, 6.45) is 1.30. The number of aliphatic imine (C=N–C) groups is 3. The van der Waals surface area contributed by atoms with E-state index in [-0.39, 0.29) is 6.10 Å². The average Bonchev–Trinajstić information content (AvgIpc) is 3.36. The van der Waals surface area contributed by atoms with Crippen molar-refractivity contribution in [2.24, 2.45) is 15.0 Å². The first-order valence-electron chi connectivity index (χ1n) is 9.73. The van der Waals surface area contributed by atoms with Crippen LogP contribution < -0.4 is 0 Å². The van der Waals surface area contributed by atoms with Gasteiger partial charge in [0.25, 0.3) is 0 Å². The topological polar surface area (TPSA) is 64.8 Å². The molecule has 0 saturated heterocycles. The minimum atomic E-state index is 0.247. The van der Waals surface area contributed by atoms with Crippen molar-refractivity contribution in [1.82, 2.24) is 0 Å². The number of hydrogen-bond donors (Lipinski definition) is 0. The molecule has 156 valence electrons. The zero-order valence-corrected chi connectivity index (χ0v) is 18.2. The van der Waals surface area contributed by atoms with Gasteiger partial charge in [0.1, 0.15) is 19.3 Å². The summed E-state index contributed by atoms with van der Waals surface area (Å²) in [5, 5.41) is 0. The van der Waals surface area contributed by atoms with Gasteiger partial charge in [-0.2, -0.15) is 0 Å². The maximum atomic E-state index is 5.27. The number of ether oxygens (including phenoxy) is 3. The van der Waals surface area contributed by atoms with Crippen LogP contribution in [0.4, 0.5) is 0 Å². The third-order valence-corrected chi connectivity index (χ3v) is 3.88. The van der Waals surface area contributed by atoms with Gasteiger partial charge in [-0.1, -0.05) is 26.7 Å². The first-order valence-corrected chi connectivity index (χ1v) is 9.73. The van der Waals surface area contributed by atoms with Gasteiger partial charge in [-0.15, -0.1) is 0 Å². The van der Waals surface area contributed by atoms with Crippen LogP contribution in [-0.2, 0) is 14.2 Å². The van der Waals surface area contributed by atoms with E-state index in [1.54, 1.807) is 0 Å². The highest BCUT2D eigenvalue weighted by Crippen LogP contribution is 2.11. The summed E-state index contributed by atoms with van der Waals surface area (Å²) in [5.74, 6) is 2.19. The molecule has 0 bridgehead atoms. The Morgan fingerprint density at radius 2 is 1.43 bits per heavy atom. The average molecular weight is 390 g/mol. The fourth-order valence-corrected chi connectivity index (χ4v) is 2.28. The molecule has 3 aliphatic rings. The van der Waals surface area contributed by atoms with Crippen LogP contribution >= 0.6 is 0 Å². The Hall–Kier alpha value is -2.37. The second-order valence-corrected chi connectivity index (χ2v) is 7.32. The van der Waals surface area contributed by atoms with Gasteiger partial charge in [0.15, 0.2) is 0 Å². The predicted octanol–water partition coefficient (Wildman–Crippen LogP) is 4.53. The van der Waals surface area contributed by atoms with Crippen LogP contribution in [0.3, 0.4) is 0 Å². The molecule has 0 N–H and O–H groups in total. The molecule has 3 rings (SSSR count). The van der Waals surface area contributed by atoms with Crippen molar-refractivity contribution in [3.05, 3.63) is 36.5 Å². The van der Waals surface area contributed by atoms with Crippen molar-refractivity contribution in [2.75, 3.05) is 19.8 Å². The first-order chi connectivity index (χ1) is 13.1. The van der Waals surface area contributed by atoms with Crippen LogP contribution in [0.1, 0.15) is 48.0 Å². The van der Waals surface area contributed by atoms with E-state index >= 15 is 0 Å². The zero-order valence-electron chi connectivity index (χ0n) is 18.2. The Bertz CT molecular complexity index is 677. The van der Waals surface area contributed by atoms with E-state index in [9.17, 15) is 0 Å². The molecule has 0 aliphatic carbocycles. The highest BCUT2D eigenvalue weighted by atomic mass is 16.5. The van der Waals surface area contributed by atoms with Gasteiger partial charge in [0.2, 0.25) is 17.7 Å². The molecule has 3 aliphatic heterocycles. The van der Waals surface area contributed by atoms with Crippen LogP contribution in [-0.4, -0.2) is 55.6 Å². The lowest BCUT2D eigenvalue weighted by atomic mass is 10.3. The van der Waals surface area contributed by atoms with Crippen molar-refractivity contribution < 1.29 is 14.2 Å². The van der Waals surface area contributed by atoms with E-state index in [4.69, 9.17) is 14.2 Å². The molecule has 3 unspecified atom stereocenters. The molecule has 0 spiro atoms. The zero-order chi connectivity index (χ0) is 21.3. The SMILES string of the molecule is C=C(C)C1=NC(C)CO1.C=C(C)C1=NC(CC)CO1.C=C(C)C1=NCC(C)O1. The Balaban J connectivity index is 0.000000210. The van der Waals surface area contributed by atoms with Crippen molar-refractivity contribution in [3.63, 3.8) is 0 Å². The third kappa shape index (κ3) is 8.11. The van der Waals surface area contributed by atoms with Crippen LogP contribution in [0.5, 0.6) is 0 Å². The van der Waals surface area contributed by atoms with Crippen molar-refractivity contribution in [1.29, 1.82) is 0 Å². The van der Waals surface area contributed by atoms with Crippen LogP contribution in [0.25, 0.3) is 0 Å². The molecule has 6 nitrogen and oxygen atoms in total. The van der Waals surface area contributed by atoms with Gasteiger partial charge in [-0.25, -0.2) is 15.0 Å². The Labute approximate surface area is 169 Å². The second kappa shape index (κ2) is 11.5. The summed E-state index contributed by atoms with van der Waals surface area (Å²) >= 11 is 0. The standard InChI is InChI=1S/C8H13NO.2C7H11NO/c1-4-7-5-10-8(9-7)6(2)3;1-5(2)7-8-6(3)4-9-7;1-5(2)7-8-4-6(3)9-7/h7H,2,4-5H2,1,3H3;2*6H,1,4H2,2-3H3. The normalized spacial score (nSPS) is 24.6. The number of hydrogen-bond acceptors (Lipinski definition) is 6. The third-order valence-electron chi connectivity index (χ3n) is 3.88. The molecule has 0 amide bonds. The van der Waals surface area contributed by atoms with E-state index in [0.29, 0.717) is 18.7 Å². The first kappa shape index (κ1) is 23.7. The van der Waals surface area contributed by atoms with Crippen LogP contribution in [0, 0.1) is 0 Å². The Kier molecular flexibility index (Phi) is 9.69. The molecule has 3 atom stereocenters. The summed E-state index contributed by atoms with van der Waals surface area (Å²) in [6.45, 7) is 25.3. The molecular formula is C22H35N3O3. The van der Waals surface area contributed by atoms with Crippen LogP contribution in [0.15, 0.2) is 51.4 Å². The Morgan fingerprint density at radius 1 is 0.893 bits per heavy atom. The smallest absolute Gasteiger partial charge is 0.211 e. The minimum Gasteiger partial charge on any atom is -0.475 e. The van der Waals surface area contributed by atoms with E-state index in [2.05, 4.69) is 41.6 Å². The highest BCUT2D eigenvalue weighted by Gasteiger charge is 2.16. The molecule has 0 fully saturated rings. The summed E-state index contributed by atoms with van der Waals surface area (Å²) in [4.78, 5) is 12.6. The summed E-state index contributed by atoms with van der Waals surface area (Å²) < 4.78 is 15.7. The largest absolute Gasteiger partial charge is 0.475 e. The van der Waals surface area contributed by atoms with Crippen molar-refractivity contribution in [2.45, 2.75) is 66.2 Å². The molecule has 0 aromatic rings. The fraction of sp³-hybridized carbons (Fsp3) is 0.591. The molecule has 0 aromatic carbocycles. The molecule has 0 saturated carbocycles. The quantitative estimate of drug-likeness (QED) is 0.709. The van der Waals surface area contributed by atoms with Gasteiger partial charge in [0.05, 0.1) is 18.6 Å². The molecule has 6 heteroatoms. The fourth-order valence-electron chi connectivity index (χ4n) is 2.28. The maximum Gasteiger partial charge on any atom is 0.211 e. The lowest BCUT2D eigenvalue weighted by Crippen LogP contribution is -2.07. The lowest BCUT2D eigenvalue weighted by molar-refractivity contribution is 0.246. The maximum absolute atomic E-state index is 5.27. The van der Waals surface area contributed by atoms with E-state index < -0.39 is 0 Å². The molecule has 28 heavy (non-hydrogen) atoms. The minimum absolute atomic E-state index is 0.247. The monoisotopic (exact) mass is 389 g/mol.